The smallest absolute Gasteiger partial charge is 0.266 e. The van der Waals surface area contributed by atoms with E-state index >= 15 is 0 Å². The Bertz CT molecular complexity index is 373. The van der Waals surface area contributed by atoms with Crippen molar-refractivity contribution in [1.82, 2.24) is 9.80 Å². The summed E-state index contributed by atoms with van der Waals surface area (Å²) < 4.78 is 5.24. The third-order valence-corrected chi connectivity index (χ3v) is 3.56. The van der Waals surface area contributed by atoms with Gasteiger partial charge in [-0.25, -0.2) is 0 Å². The van der Waals surface area contributed by atoms with E-state index in [2.05, 4.69) is 24.8 Å². The predicted octanol–water partition coefficient (Wildman–Crippen LogP) is 2.15. The number of nitrogens with zero attached hydrogens (tertiary/aromatic N) is 3. The standard InChI is InChI=1S/C16H27N3O2/c1-3-5-7-18(8-6-4-2)14-15(13-17)16(20)19-9-11-21-12-10-19/h14H,3-12H2,1-2H3/b15-14-. The summed E-state index contributed by atoms with van der Waals surface area (Å²) in [6.07, 6.45) is 6.12. The topological polar surface area (TPSA) is 56.6 Å². The molecule has 5 heteroatoms. The van der Waals surface area contributed by atoms with E-state index in [1.807, 2.05) is 0 Å². The van der Waals surface area contributed by atoms with Gasteiger partial charge in [0.1, 0.15) is 11.6 Å². The maximum atomic E-state index is 12.4. The molecule has 0 aromatic carbocycles. The van der Waals surface area contributed by atoms with Crippen LogP contribution in [0.25, 0.3) is 0 Å². The summed E-state index contributed by atoms with van der Waals surface area (Å²) in [6.45, 7) is 8.34. The van der Waals surface area contributed by atoms with Crippen LogP contribution in [0.4, 0.5) is 0 Å². The van der Waals surface area contributed by atoms with Crippen LogP contribution in [0, 0.1) is 11.3 Å². The first-order valence-electron chi connectivity index (χ1n) is 7.95. The zero-order valence-corrected chi connectivity index (χ0v) is 13.3. The Labute approximate surface area is 128 Å². The molecule has 0 aliphatic carbocycles. The van der Waals surface area contributed by atoms with Gasteiger partial charge >= 0.3 is 0 Å². The van der Waals surface area contributed by atoms with Gasteiger partial charge in [0.05, 0.1) is 13.2 Å². The highest BCUT2D eigenvalue weighted by Gasteiger charge is 2.21. The number of carbonyl (C=O) groups is 1. The molecule has 1 aliphatic rings. The molecule has 1 aliphatic heterocycles. The Morgan fingerprint density at radius 3 is 2.29 bits per heavy atom. The highest BCUT2D eigenvalue weighted by molar-refractivity contribution is 5.97. The van der Waals surface area contributed by atoms with Gasteiger partial charge in [-0.3, -0.25) is 4.79 Å². The molecule has 118 valence electrons. The lowest BCUT2D eigenvalue weighted by molar-refractivity contribution is -0.130. The zero-order chi connectivity index (χ0) is 15.5. The third-order valence-electron chi connectivity index (χ3n) is 3.56. The van der Waals surface area contributed by atoms with Crippen molar-refractivity contribution in [1.29, 1.82) is 5.26 Å². The maximum absolute atomic E-state index is 12.4. The van der Waals surface area contributed by atoms with Gasteiger partial charge in [0.2, 0.25) is 0 Å². The molecule has 0 bridgehead atoms. The minimum absolute atomic E-state index is 0.168. The molecular formula is C16H27N3O2. The van der Waals surface area contributed by atoms with Gasteiger partial charge in [-0.1, -0.05) is 26.7 Å². The van der Waals surface area contributed by atoms with Gasteiger partial charge in [-0.15, -0.1) is 0 Å². The van der Waals surface area contributed by atoms with E-state index in [1.165, 1.54) is 0 Å². The summed E-state index contributed by atoms with van der Waals surface area (Å²) >= 11 is 0. The highest BCUT2D eigenvalue weighted by atomic mass is 16.5. The van der Waals surface area contributed by atoms with Gasteiger partial charge in [-0.2, -0.15) is 5.26 Å². The number of morpholine rings is 1. The van der Waals surface area contributed by atoms with Crippen molar-refractivity contribution in [2.24, 2.45) is 0 Å². The van der Waals surface area contributed by atoms with Crippen LogP contribution in [0.5, 0.6) is 0 Å². The number of hydrogen-bond donors (Lipinski definition) is 0. The lowest BCUT2D eigenvalue weighted by Crippen LogP contribution is -2.41. The van der Waals surface area contributed by atoms with E-state index in [0.29, 0.717) is 26.3 Å². The normalized spacial score (nSPS) is 15.7. The van der Waals surface area contributed by atoms with Gasteiger partial charge in [0.15, 0.2) is 0 Å². The molecule has 0 atom stereocenters. The average molecular weight is 293 g/mol. The molecule has 0 aromatic rings. The predicted molar refractivity (Wildman–Crippen MR) is 82.5 cm³/mol. The van der Waals surface area contributed by atoms with Crippen LogP contribution >= 0.6 is 0 Å². The quantitative estimate of drug-likeness (QED) is 0.508. The summed E-state index contributed by atoms with van der Waals surface area (Å²) in [4.78, 5) is 16.2. The summed E-state index contributed by atoms with van der Waals surface area (Å²) in [6, 6.07) is 2.07. The van der Waals surface area contributed by atoms with Crippen molar-refractivity contribution >= 4 is 5.91 Å². The van der Waals surface area contributed by atoms with E-state index in [1.54, 1.807) is 11.1 Å². The number of carbonyl (C=O) groups excluding carboxylic acids is 1. The number of nitriles is 1. The summed E-state index contributed by atoms with van der Waals surface area (Å²) in [7, 11) is 0. The van der Waals surface area contributed by atoms with Crippen LogP contribution in [-0.2, 0) is 9.53 Å². The Balaban J connectivity index is 2.71. The average Bonchev–Trinajstić information content (AvgIpc) is 2.54. The molecule has 1 rings (SSSR count). The van der Waals surface area contributed by atoms with Crippen LogP contribution in [-0.4, -0.2) is 55.1 Å². The molecule has 1 fully saturated rings. The van der Waals surface area contributed by atoms with Gasteiger partial charge in [0, 0.05) is 32.4 Å². The van der Waals surface area contributed by atoms with Crippen LogP contribution in [0.3, 0.4) is 0 Å². The lowest BCUT2D eigenvalue weighted by Gasteiger charge is -2.27. The molecule has 0 saturated carbocycles. The molecule has 0 spiro atoms. The molecule has 1 saturated heterocycles. The molecule has 0 radical (unpaired) electrons. The number of rotatable bonds is 8. The van der Waals surface area contributed by atoms with E-state index < -0.39 is 0 Å². The molecule has 1 amide bonds. The van der Waals surface area contributed by atoms with E-state index in [0.717, 1.165) is 38.8 Å². The molecular weight excluding hydrogens is 266 g/mol. The second-order valence-corrected chi connectivity index (χ2v) is 5.30. The Kier molecular flexibility index (Phi) is 8.53. The van der Waals surface area contributed by atoms with Crippen molar-refractivity contribution < 1.29 is 9.53 Å². The van der Waals surface area contributed by atoms with Gasteiger partial charge < -0.3 is 14.5 Å². The van der Waals surface area contributed by atoms with Crippen LogP contribution in [0.2, 0.25) is 0 Å². The second-order valence-electron chi connectivity index (χ2n) is 5.30. The van der Waals surface area contributed by atoms with Crippen molar-refractivity contribution in [2.45, 2.75) is 39.5 Å². The zero-order valence-electron chi connectivity index (χ0n) is 13.3. The molecule has 5 nitrogen and oxygen atoms in total. The fourth-order valence-electron chi connectivity index (χ4n) is 2.21. The minimum Gasteiger partial charge on any atom is -0.378 e. The number of unbranched alkanes of at least 4 members (excludes halogenated alkanes) is 2. The van der Waals surface area contributed by atoms with Crippen LogP contribution in [0.15, 0.2) is 11.8 Å². The summed E-state index contributed by atoms with van der Waals surface area (Å²) in [5, 5.41) is 9.30. The first kappa shape index (κ1) is 17.5. The van der Waals surface area contributed by atoms with Gasteiger partial charge in [-0.05, 0) is 12.8 Å². The molecule has 0 N–H and O–H groups in total. The fourth-order valence-corrected chi connectivity index (χ4v) is 2.21. The second kappa shape index (κ2) is 10.2. The van der Waals surface area contributed by atoms with Crippen molar-refractivity contribution in [2.75, 3.05) is 39.4 Å². The Morgan fingerprint density at radius 1 is 1.24 bits per heavy atom. The van der Waals surface area contributed by atoms with E-state index in [4.69, 9.17) is 4.74 Å². The lowest BCUT2D eigenvalue weighted by atomic mass is 10.2. The minimum atomic E-state index is -0.168. The van der Waals surface area contributed by atoms with Gasteiger partial charge in [0.25, 0.3) is 5.91 Å². The molecule has 1 heterocycles. The Hall–Kier alpha value is -1.54. The SMILES string of the molecule is CCCCN(/C=C(/C#N)C(=O)N1CCOCC1)CCCC. The molecule has 0 aromatic heterocycles. The first-order chi connectivity index (χ1) is 10.2. The van der Waals surface area contributed by atoms with Crippen LogP contribution < -0.4 is 0 Å². The Morgan fingerprint density at radius 2 is 1.81 bits per heavy atom. The van der Waals surface area contributed by atoms with Crippen molar-refractivity contribution in [3.8, 4) is 6.07 Å². The largest absolute Gasteiger partial charge is 0.378 e. The van der Waals surface area contributed by atoms with E-state index in [9.17, 15) is 10.1 Å². The van der Waals surface area contributed by atoms with Crippen molar-refractivity contribution in [3.63, 3.8) is 0 Å². The first-order valence-corrected chi connectivity index (χ1v) is 7.95. The third kappa shape index (κ3) is 6.17. The monoisotopic (exact) mass is 293 g/mol. The summed E-state index contributed by atoms with van der Waals surface area (Å²) in [5.41, 5.74) is 0.240. The molecule has 21 heavy (non-hydrogen) atoms. The highest BCUT2D eigenvalue weighted by Crippen LogP contribution is 2.08. The summed E-state index contributed by atoms with van der Waals surface area (Å²) in [5.74, 6) is -0.168. The van der Waals surface area contributed by atoms with E-state index in [-0.39, 0.29) is 11.5 Å². The van der Waals surface area contributed by atoms with Crippen LogP contribution in [0.1, 0.15) is 39.5 Å². The fraction of sp³-hybridized carbons (Fsp3) is 0.750. The number of ether oxygens (including phenoxy) is 1. The molecule has 0 unspecified atom stereocenters. The van der Waals surface area contributed by atoms with Crippen molar-refractivity contribution in [3.05, 3.63) is 11.8 Å². The number of amides is 1. The number of hydrogen-bond acceptors (Lipinski definition) is 4. The maximum Gasteiger partial charge on any atom is 0.266 e.